The second-order valence-electron chi connectivity index (χ2n) is 8.59. The summed E-state index contributed by atoms with van der Waals surface area (Å²) in [6, 6.07) is 0.869. The van der Waals surface area contributed by atoms with Crippen LogP contribution in [0.3, 0.4) is 0 Å². The second-order valence-corrected chi connectivity index (χ2v) is 8.59. The monoisotopic (exact) mass is 545 g/mol. The summed E-state index contributed by atoms with van der Waals surface area (Å²) in [5, 5.41) is 7.77. The van der Waals surface area contributed by atoms with Crippen molar-refractivity contribution in [2.75, 3.05) is 36.4 Å². The number of carbonyl (C=O) groups is 1. The molecule has 3 aromatic heterocycles. The first-order chi connectivity index (χ1) is 17.8. The lowest BCUT2D eigenvalue weighted by atomic mass is 10.1. The van der Waals surface area contributed by atoms with Crippen molar-refractivity contribution in [2.45, 2.75) is 31.7 Å². The number of nitrogens with one attached hydrogen (secondary N) is 2. The molecule has 0 saturated carbocycles. The van der Waals surface area contributed by atoms with E-state index in [-0.39, 0.29) is 36.9 Å². The van der Waals surface area contributed by atoms with Crippen LogP contribution in [0.25, 0.3) is 0 Å². The van der Waals surface area contributed by atoms with Crippen LogP contribution < -0.4 is 15.8 Å². The van der Waals surface area contributed by atoms with Gasteiger partial charge in [-0.25, -0.2) is 15.1 Å². The number of piperazine rings is 1. The van der Waals surface area contributed by atoms with Gasteiger partial charge in [-0.15, -0.1) is 0 Å². The first-order valence-corrected chi connectivity index (χ1v) is 11.2. The topological polar surface area (TPSA) is 120 Å². The van der Waals surface area contributed by atoms with Crippen LogP contribution in [0.15, 0.2) is 40.1 Å². The third-order valence-corrected chi connectivity index (χ3v) is 5.76. The fraction of sp³-hybridized carbons (Fsp3) is 0.409. The lowest BCUT2D eigenvalue weighted by Gasteiger charge is -2.34. The number of nitrogens with zero attached hydrogens (tertiary/aromatic N) is 5. The number of alkyl halides is 6. The third kappa shape index (κ3) is 6.06. The highest BCUT2D eigenvalue weighted by Crippen LogP contribution is 2.32. The number of amides is 1. The summed E-state index contributed by atoms with van der Waals surface area (Å²) in [4.78, 5) is 35.2. The Bertz CT molecular complexity index is 1330. The molecule has 1 atom stereocenters. The Balaban J connectivity index is 1.33. The normalized spacial score (nSPS) is 15.4. The van der Waals surface area contributed by atoms with E-state index in [0.29, 0.717) is 31.2 Å². The van der Waals surface area contributed by atoms with Crippen molar-refractivity contribution < 1.29 is 35.6 Å². The van der Waals surface area contributed by atoms with Gasteiger partial charge in [-0.2, -0.15) is 31.4 Å². The van der Waals surface area contributed by atoms with Crippen LogP contribution >= 0.6 is 0 Å². The average Bonchev–Trinajstić information content (AvgIpc) is 3.30. The van der Waals surface area contributed by atoms with E-state index in [2.05, 4.69) is 20.4 Å². The SMILES string of the molecule is CC(Cc1cc(C(=O)N2CCN(c3ncc(C(F)(F)F)cn3)CC2)co1)Nc1cn[nH]c(=O)c1C(F)(F)F. The molecule has 3 aromatic rings. The first-order valence-electron chi connectivity index (χ1n) is 11.2. The second kappa shape index (κ2) is 10.3. The highest BCUT2D eigenvalue weighted by Gasteiger charge is 2.37. The molecule has 4 rings (SSSR count). The standard InChI is InChI=1S/C22H21F6N7O3/c1-12(32-16-10-31-33-18(36)17(16)22(26,27)28)6-15-7-13(11-38-15)19(37)34-2-4-35(5-3-34)20-29-8-14(9-30-20)21(23,24)25/h7-12H,2-6H2,1H3,(H2,32,33,36). The van der Waals surface area contributed by atoms with Gasteiger partial charge in [0.25, 0.3) is 11.5 Å². The number of furan rings is 1. The van der Waals surface area contributed by atoms with Crippen molar-refractivity contribution in [1.82, 2.24) is 25.1 Å². The minimum Gasteiger partial charge on any atom is -0.468 e. The van der Waals surface area contributed by atoms with Gasteiger partial charge in [-0.05, 0) is 13.0 Å². The quantitative estimate of drug-likeness (QED) is 0.454. The molecular formula is C22H21F6N7O3. The predicted octanol–water partition coefficient (Wildman–Crippen LogP) is 3.20. The van der Waals surface area contributed by atoms with E-state index in [0.717, 1.165) is 6.20 Å². The molecule has 1 aliphatic rings. The molecule has 0 bridgehead atoms. The molecule has 0 aromatic carbocycles. The van der Waals surface area contributed by atoms with E-state index in [1.165, 1.54) is 17.2 Å². The van der Waals surface area contributed by atoms with E-state index in [1.54, 1.807) is 16.9 Å². The Hall–Kier alpha value is -4.11. The summed E-state index contributed by atoms with van der Waals surface area (Å²) in [5.41, 5.74) is -3.96. The Labute approximate surface area is 210 Å². The van der Waals surface area contributed by atoms with Gasteiger partial charge in [0.1, 0.15) is 17.6 Å². The minimum atomic E-state index is -4.88. The van der Waals surface area contributed by atoms with Crippen LogP contribution in [0.1, 0.15) is 34.2 Å². The minimum absolute atomic E-state index is 0.108. The van der Waals surface area contributed by atoms with E-state index < -0.39 is 40.8 Å². The summed E-state index contributed by atoms with van der Waals surface area (Å²) in [6.45, 7) is 2.70. The van der Waals surface area contributed by atoms with Crippen LogP contribution in [0.2, 0.25) is 0 Å². The number of hydrogen-bond acceptors (Lipinski definition) is 8. The number of aromatic nitrogens is 4. The molecule has 1 aliphatic heterocycles. The van der Waals surface area contributed by atoms with Crippen LogP contribution in [0.4, 0.5) is 38.0 Å². The van der Waals surface area contributed by atoms with Gasteiger partial charge >= 0.3 is 12.4 Å². The van der Waals surface area contributed by atoms with Gasteiger partial charge in [0.15, 0.2) is 0 Å². The maximum atomic E-state index is 13.2. The lowest BCUT2D eigenvalue weighted by Crippen LogP contribution is -2.49. The molecule has 38 heavy (non-hydrogen) atoms. The van der Waals surface area contributed by atoms with Crippen molar-refractivity contribution >= 4 is 17.5 Å². The fourth-order valence-electron chi connectivity index (χ4n) is 3.93. The summed E-state index contributed by atoms with van der Waals surface area (Å²) >= 11 is 0. The van der Waals surface area contributed by atoms with Crippen LogP contribution in [-0.2, 0) is 18.8 Å². The summed E-state index contributed by atoms with van der Waals surface area (Å²) < 4.78 is 83.2. The molecule has 1 unspecified atom stereocenters. The molecule has 204 valence electrons. The van der Waals surface area contributed by atoms with Crippen LogP contribution in [0, 0.1) is 0 Å². The molecule has 1 saturated heterocycles. The van der Waals surface area contributed by atoms with Crippen LogP contribution in [0.5, 0.6) is 0 Å². The zero-order valence-corrected chi connectivity index (χ0v) is 19.7. The van der Waals surface area contributed by atoms with E-state index in [4.69, 9.17) is 4.42 Å². The van der Waals surface area contributed by atoms with Gasteiger partial charge in [0.05, 0.1) is 23.0 Å². The van der Waals surface area contributed by atoms with Gasteiger partial charge in [0, 0.05) is 51.0 Å². The van der Waals surface area contributed by atoms with Gasteiger partial charge < -0.3 is 19.5 Å². The first kappa shape index (κ1) is 26.9. The highest BCUT2D eigenvalue weighted by molar-refractivity contribution is 5.94. The largest absolute Gasteiger partial charge is 0.468 e. The average molecular weight is 545 g/mol. The predicted molar refractivity (Wildman–Crippen MR) is 121 cm³/mol. The van der Waals surface area contributed by atoms with E-state index >= 15 is 0 Å². The van der Waals surface area contributed by atoms with Crippen molar-refractivity contribution in [3.05, 3.63) is 63.7 Å². The Morgan fingerprint density at radius 3 is 2.34 bits per heavy atom. The molecule has 10 nitrogen and oxygen atoms in total. The van der Waals surface area contributed by atoms with Gasteiger partial charge in [0.2, 0.25) is 5.95 Å². The lowest BCUT2D eigenvalue weighted by molar-refractivity contribution is -0.139. The van der Waals surface area contributed by atoms with Crippen molar-refractivity contribution in [3.63, 3.8) is 0 Å². The Morgan fingerprint density at radius 1 is 1.08 bits per heavy atom. The van der Waals surface area contributed by atoms with Gasteiger partial charge in [-0.3, -0.25) is 9.59 Å². The maximum Gasteiger partial charge on any atom is 0.423 e. The molecular weight excluding hydrogens is 524 g/mol. The molecule has 0 aliphatic carbocycles. The zero-order valence-electron chi connectivity index (χ0n) is 19.7. The summed E-state index contributed by atoms with van der Waals surface area (Å²) in [6.07, 6.45) is -5.79. The van der Waals surface area contributed by atoms with Crippen molar-refractivity contribution in [2.24, 2.45) is 0 Å². The number of anilines is 2. The number of aromatic amines is 1. The molecule has 16 heteroatoms. The molecule has 1 fully saturated rings. The number of carbonyl (C=O) groups excluding carboxylic acids is 1. The highest BCUT2D eigenvalue weighted by atomic mass is 19.4. The third-order valence-electron chi connectivity index (χ3n) is 5.76. The Kier molecular flexibility index (Phi) is 7.33. The molecule has 1 amide bonds. The number of H-pyrrole nitrogens is 1. The zero-order chi connectivity index (χ0) is 27.7. The number of hydrogen-bond donors (Lipinski definition) is 2. The van der Waals surface area contributed by atoms with Gasteiger partial charge in [-0.1, -0.05) is 0 Å². The molecule has 0 spiro atoms. The molecule has 4 heterocycles. The Morgan fingerprint density at radius 2 is 1.74 bits per heavy atom. The maximum absolute atomic E-state index is 13.2. The molecule has 2 N–H and O–H groups in total. The summed E-state index contributed by atoms with van der Waals surface area (Å²) in [7, 11) is 0. The number of halogens is 6. The van der Waals surface area contributed by atoms with E-state index in [1.807, 2.05) is 0 Å². The van der Waals surface area contributed by atoms with E-state index in [9.17, 15) is 35.9 Å². The van der Waals surface area contributed by atoms with Crippen LogP contribution in [-0.4, -0.2) is 63.2 Å². The molecule has 0 radical (unpaired) electrons. The van der Waals surface area contributed by atoms with Crippen molar-refractivity contribution in [3.8, 4) is 0 Å². The number of rotatable bonds is 6. The smallest absolute Gasteiger partial charge is 0.423 e. The summed E-state index contributed by atoms with van der Waals surface area (Å²) in [5.74, 6) is 0.115. The van der Waals surface area contributed by atoms with Crippen molar-refractivity contribution in [1.29, 1.82) is 0 Å². The fourth-order valence-corrected chi connectivity index (χ4v) is 3.93.